The summed E-state index contributed by atoms with van der Waals surface area (Å²) in [6, 6.07) is 18.7. The number of amides is 1. The summed E-state index contributed by atoms with van der Waals surface area (Å²) in [5.74, 6) is 0.483. The summed E-state index contributed by atoms with van der Waals surface area (Å²) in [5.41, 5.74) is 3.57. The molecule has 0 bridgehead atoms. The second kappa shape index (κ2) is 12.5. The number of likely N-dealkylation sites (tertiary alicyclic amines) is 1. The Morgan fingerprint density at radius 3 is 2.73 bits per heavy atom. The summed E-state index contributed by atoms with van der Waals surface area (Å²) >= 11 is 0. The SMILES string of the molecule is COC(=O)C1CN(Cc2ccn3ncnc(Nc4cccc(OC)c4)c23)CC[C@@H]1NC(=O)OCc1ccccc1. The molecule has 0 aliphatic carbocycles. The molecular weight excluding hydrogens is 512 g/mol. The summed E-state index contributed by atoms with van der Waals surface area (Å²) in [5, 5.41) is 10.6. The number of alkyl carbamates (subject to hydrolysis) is 1. The number of methoxy groups -OCH3 is 2. The minimum Gasteiger partial charge on any atom is -0.497 e. The molecule has 3 heterocycles. The number of hydrogen-bond donors (Lipinski definition) is 2. The molecule has 5 rings (SSSR count). The lowest BCUT2D eigenvalue weighted by molar-refractivity contribution is -0.148. The Kier molecular flexibility index (Phi) is 8.41. The molecule has 208 valence electrons. The fraction of sp³-hybridized carbons (Fsp3) is 0.310. The quantitative estimate of drug-likeness (QED) is 0.304. The minimum absolute atomic E-state index is 0.157. The Morgan fingerprint density at radius 2 is 1.93 bits per heavy atom. The lowest BCUT2D eigenvalue weighted by Gasteiger charge is -2.37. The molecular formula is C29H32N6O5. The minimum atomic E-state index is -0.556. The van der Waals surface area contributed by atoms with Crippen molar-refractivity contribution in [2.24, 2.45) is 5.92 Å². The number of rotatable bonds is 9. The van der Waals surface area contributed by atoms with E-state index < -0.39 is 18.1 Å². The number of fused-ring (bicyclic) bond motifs is 1. The van der Waals surface area contributed by atoms with Crippen LogP contribution in [0.15, 0.2) is 73.2 Å². The van der Waals surface area contributed by atoms with Crippen molar-refractivity contribution in [1.29, 1.82) is 0 Å². The maximum absolute atomic E-state index is 12.7. The van der Waals surface area contributed by atoms with Crippen molar-refractivity contribution in [2.75, 3.05) is 32.6 Å². The first-order valence-electron chi connectivity index (χ1n) is 13.0. The van der Waals surface area contributed by atoms with E-state index in [0.29, 0.717) is 31.9 Å². The molecule has 1 aliphatic heterocycles. The van der Waals surface area contributed by atoms with Crippen molar-refractivity contribution in [3.8, 4) is 5.75 Å². The molecule has 40 heavy (non-hydrogen) atoms. The number of aromatic nitrogens is 3. The van der Waals surface area contributed by atoms with Crippen molar-refractivity contribution < 1.29 is 23.8 Å². The zero-order chi connectivity index (χ0) is 27.9. The predicted octanol–water partition coefficient (Wildman–Crippen LogP) is 3.77. The number of benzene rings is 2. The number of esters is 1. The summed E-state index contributed by atoms with van der Waals surface area (Å²) in [6.45, 7) is 1.81. The molecule has 1 amide bonds. The number of anilines is 2. The molecule has 1 fully saturated rings. The number of nitrogens with zero attached hydrogens (tertiary/aromatic N) is 4. The van der Waals surface area contributed by atoms with Gasteiger partial charge in [0.1, 0.15) is 24.2 Å². The molecule has 0 spiro atoms. The van der Waals surface area contributed by atoms with E-state index >= 15 is 0 Å². The van der Waals surface area contributed by atoms with Crippen molar-refractivity contribution >= 4 is 29.1 Å². The second-order valence-electron chi connectivity index (χ2n) is 9.57. The van der Waals surface area contributed by atoms with Gasteiger partial charge in [0.15, 0.2) is 5.82 Å². The first-order valence-corrected chi connectivity index (χ1v) is 13.0. The number of carbonyl (C=O) groups is 2. The highest BCUT2D eigenvalue weighted by Gasteiger charge is 2.36. The van der Waals surface area contributed by atoms with Crippen LogP contribution in [0.2, 0.25) is 0 Å². The van der Waals surface area contributed by atoms with Gasteiger partial charge in [0.2, 0.25) is 0 Å². The predicted molar refractivity (Wildman–Crippen MR) is 148 cm³/mol. The highest BCUT2D eigenvalue weighted by Crippen LogP contribution is 2.27. The average molecular weight is 545 g/mol. The van der Waals surface area contributed by atoms with E-state index in [1.807, 2.05) is 66.9 Å². The van der Waals surface area contributed by atoms with Gasteiger partial charge < -0.3 is 24.8 Å². The third kappa shape index (κ3) is 6.32. The molecule has 1 aliphatic rings. The monoisotopic (exact) mass is 544 g/mol. The number of nitrogens with one attached hydrogen (secondary N) is 2. The highest BCUT2D eigenvalue weighted by atomic mass is 16.5. The van der Waals surface area contributed by atoms with E-state index in [1.165, 1.54) is 13.4 Å². The van der Waals surface area contributed by atoms with Crippen molar-refractivity contribution in [3.05, 3.63) is 84.3 Å². The molecule has 2 atom stereocenters. The van der Waals surface area contributed by atoms with E-state index in [-0.39, 0.29) is 12.6 Å². The molecule has 11 heteroatoms. The van der Waals surface area contributed by atoms with Crippen molar-refractivity contribution in [3.63, 3.8) is 0 Å². The van der Waals surface area contributed by atoms with Crippen LogP contribution < -0.4 is 15.4 Å². The number of hydrogen-bond acceptors (Lipinski definition) is 9. The molecule has 4 aromatic rings. The van der Waals surface area contributed by atoms with Crippen LogP contribution in [-0.4, -0.2) is 64.9 Å². The van der Waals surface area contributed by atoms with Gasteiger partial charge in [0.05, 0.1) is 20.1 Å². The summed E-state index contributed by atoms with van der Waals surface area (Å²) in [6.07, 6.45) is 3.40. The number of carbonyl (C=O) groups excluding carboxylic acids is 2. The Hall–Kier alpha value is -4.64. The highest BCUT2D eigenvalue weighted by molar-refractivity contribution is 5.77. The lowest BCUT2D eigenvalue weighted by atomic mass is 9.92. The van der Waals surface area contributed by atoms with E-state index in [1.54, 1.807) is 11.6 Å². The zero-order valence-electron chi connectivity index (χ0n) is 22.4. The van der Waals surface area contributed by atoms with Gasteiger partial charge in [0, 0.05) is 43.6 Å². The van der Waals surface area contributed by atoms with Gasteiger partial charge >= 0.3 is 12.1 Å². The average Bonchev–Trinajstić information content (AvgIpc) is 3.40. The van der Waals surface area contributed by atoms with E-state index in [9.17, 15) is 9.59 Å². The normalized spacial score (nSPS) is 17.2. The van der Waals surface area contributed by atoms with Crippen LogP contribution >= 0.6 is 0 Å². The molecule has 1 unspecified atom stereocenters. The Morgan fingerprint density at radius 1 is 1.07 bits per heavy atom. The Bertz CT molecular complexity index is 1460. The Balaban J connectivity index is 1.27. The maximum atomic E-state index is 12.7. The van der Waals surface area contributed by atoms with Crippen molar-refractivity contribution in [2.45, 2.75) is 25.6 Å². The molecule has 2 aromatic heterocycles. The van der Waals surface area contributed by atoms with Crippen molar-refractivity contribution in [1.82, 2.24) is 24.8 Å². The molecule has 2 aromatic carbocycles. The third-order valence-electron chi connectivity index (χ3n) is 6.98. The van der Waals surface area contributed by atoms with Gasteiger partial charge in [-0.2, -0.15) is 5.10 Å². The van der Waals surface area contributed by atoms with Gasteiger partial charge in [-0.05, 0) is 35.7 Å². The van der Waals surface area contributed by atoms with Gasteiger partial charge in [0.25, 0.3) is 0 Å². The maximum Gasteiger partial charge on any atom is 0.407 e. The van der Waals surface area contributed by atoms with Gasteiger partial charge in [-0.25, -0.2) is 14.3 Å². The van der Waals surface area contributed by atoms with Crippen LogP contribution in [0, 0.1) is 5.92 Å². The van der Waals surface area contributed by atoms with Crippen LogP contribution in [0.3, 0.4) is 0 Å². The van der Waals surface area contributed by atoms with E-state index in [2.05, 4.69) is 25.6 Å². The van der Waals surface area contributed by atoms with E-state index in [0.717, 1.165) is 28.1 Å². The molecule has 0 saturated carbocycles. The lowest BCUT2D eigenvalue weighted by Crippen LogP contribution is -2.53. The third-order valence-corrected chi connectivity index (χ3v) is 6.98. The Labute approximate surface area is 232 Å². The number of ether oxygens (including phenoxy) is 3. The van der Waals surface area contributed by atoms with Crippen LogP contribution in [0.1, 0.15) is 17.5 Å². The smallest absolute Gasteiger partial charge is 0.407 e. The topological polar surface area (TPSA) is 119 Å². The zero-order valence-corrected chi connectivity index (χ0v) is 22.4. The van der Waals surface area contributed by atoms with E-state index in [4.69, 9.17) is 14.2 Å². The standard InChI is InChI=1S/C29H32N6O5/c1-38-23-10-6-9-22(15-23)32-27-26-21(11-14-35(26)31-19-30-27)16-34-13-12-25(24(17-34)28(36)39-2)33-29(37)40-18-20-7-4-3-5-8-20/h3-11,14-15,19,24-25H,12-13,16-18H2,1-2H3,(H,33,37)(H,30,31,32)/t24?,25-/m0/s1. The molecule has 2 N–H and O–H groups in total. The van der Waals surface area contributed by atoms with Crippen LogP contribution in [0.5, 0.6) is 5.75 Å². The van der Waals surface area contributed by atoms with Gasteiger partial charge in [-0.15, -0.1) is 0 Å². The van der Waals surface area contributed by atoms with Gasteiger partial charge in [-0.1, -0.05) is 36.4 Å². The largest absolute Gasteiger partial charge is 0.497 e. The number of piperidine rings is 1. The first kappa shape index (κ1) is 26.9. The second-order valence-corrected chi connectivity index (χ2v) is 9.57. The molecule has 0 radical (unpaired) electrons. The molecule has 11 nitrogen and oxygen atoms in total. The van der Waals surface area contributed by atoms with Gasteiger partial charge in [-0.3, -0.25) is 9.69 Å². The van der Waals surface area contributed by atoms with Crippen LogP contribution in [-0.2, 0) is 27.4 Å². The fourth-order valence-corrected chi connectivity index (χ4v) is 4.96. The van der Waals surface area contributed by atoms with Crippen LogP contribution in [0.4, 0.5) is 16.3 Å². The summed E-state index contributed by atoms with van der Waals surface area (Å²) < 4.78 is 17.6. The summed E-state index contributed by atoms with van der Waals surface area (Å²) in [4.78, 5) is 31.9. The first-order chi connectivity index (χ1) is 19.5. The van der Waals surface area contributed by atoms with Crippen LogP contribution in [0.25, 0.3) is 5.52 Å². The fourth-order valence-electron chi connectivity index (χ4n) is 4.96. The molecule has 1 saturated heterocycles. The summed E-state index contributed by atoms with van der Waals surface area (Å²) in [7, 11) is 2.99.